The first kappa shape index (κ1) is 19.5. The first-order chi connectivity index (χ1) is 10.3. The largest absolute Gasteiger partial charge is 0.484 e. The van der Waals surface area contributed by atoms with Gasteiger partial charge in [0.05, 0.1) is 12.7 Å². The molecule has 1 aliphatic rings. The summed E-state index contributed by atoms with van der Waals surface area (Å²) >= 11 is 0. The zero-order chi connectivity index (χ0) is 16.2. The Bertz CT molecular complexity index is 511. The summed E-state index contributed by atoms with van der Waals surface area (Å²) in [5.74, 6) is -0.168. The SMILES string of the molecule is C[C@H]1OCCN[C@@H]1C(=O)Nc1ccc(OCC(F)(F)F)cc1.Cl. The van der Waals surface area contributed by atoms with Crippen molar-refractivity contribution in [2.45, 2.75) is 25.2 Å². The second-order valence-electron chi connectivity index (χ2n) is 4.93. The van der Waals surface area contributed by atoms with Crippen molar-refractivity contribution in [3.05, 3.63) is 24.3 Å². The van der Waals surface area contributed by atoms with Crippen LogP contribution in [-0.4, -0.2) is 44.0 Å². The van der Waals surface area contributed by atoms with E-state index in [-0.39, 0.29) is 30.2 Å². The number of anilines is 1. The number of alkyl halides is 3. The first-order valence-electron chi connectivity index (χ1n) is 6.80. The van der Waals surface area contributed by atoms with Crippen molar-refractivity contribution in [2.24, 2.45) is 0 Å². The first-order valence-corrected chi connectivity index (χ1v) is 6.80. The van der Waals surface area contributed by atoms with Gasteiger partial charge in [0.15, 0.2) is 6.61 Å². The van der Waals surface area contributed by atoms with Crippen molar-refractivity contribution in [1.29, 1.82) is 0 Å². The summed E-state index contributed by atoms with van der Waals surface area (Å²) in [5, 5.41) is 5.73. The average molecular weight is 355 g/mol. The molecular weight excluding hydrogens is 337 g/mol. The number of hydrogen-bond acceptors (Lipinski definition) is 4. The van der Waals surface area contributed by atoms with Crippen molar-refractivity contribution < 1.29 is 27.4 Å². The maximum Gasteiger partial charge on any atom is 0.422 e. The Balaban J connectivity index is 0.00000264. The van der Waals surface area contributed by atoms with Crippen LogP contribution >= 0.6 is 12.4 Å². The third kappa shape index (κ3) is 6.25. The molecule has 5 nitrogen and oxygen atoms in total. The maximum absolute atomic E-state index is 12.1. The molecule has 1 aliphatic heterocycles. The van der Waals surface area contributed by atoms with E-state index in [0.29, 0.717) is 18.8 Å². The fourth-order valence-corrected chi connectivity index (χ4v) is 2.05. The minimum atomic E-state index is -4.38. The molecule has 0 aliphatic carbocycles. The molecular formula is C14H18ClF3N2O3. The second kappa shape index (κ2) is 8.37. The molecule has 0 unspecified atom stereocenters. The van der Waals surface area contributed by atoms with Crippen LogP contribution in [-0.2, 0) is 9.53 Å². The fraction of sp³-hybridized carbons (Fsp3) is 0.500. The lowest BCUT2D eigenvalue weighted by Crippen LogP contribution is -2.53. The van der Waals surface area contributed by atoms with Crippen LogP contribution in [0.15, 0.2) is 24.3 Å². The minimum Gasteiger partial charge on any atom is -0.484 e. The van der Waals surface area contributed by atoms with E-state index in [4.69, 9.17) is 4.74 Å². The molecule has 2 N–H and O–H groups in total. The van der Waals surface area contributed by atoms with Crippen LogP contribution in [0.3, 0.4) is 0 Å². The molecule has 1 aromatic rings. The number of ether oxygens (including phenoxy) is 2. The van der Waals surface area contributed by atoms with Gasteiger partial charge in [-0.15, -0.1) is 12.4 Å². The van der Waals surface area contributed by atoms with Crippen molar-refractivity contribution in [1.82, 2.24) is 5.32 Å². The van der Waals surface area contributed by atoms with Crippen molar-refractivity contribution >= 4 is 24.0 Å². The highest BCUT2D eigenvalue weighted by atomic mass is 35.5. The van der Waals surface area contributed by atoms with Crippen molar-refractivity contribution in [3.63, 3.8) is 0 Å². The molecule has 1 amide bonds. The topological polar surface area (TPSA) is 59.6 Å². The Morgan fingerprint density at radius 2 is 2.04 bits per heavy atom. The monoisotopic (exact) mass is 354 g/mol. The van der Waals surface area contributed by atoms with Crippen molar-refractivity contribution in [2.75, 3.05) is 25.1 Å². The number of benzene rings is 1. The second-order valence-corrected chi connectivity index (χ2v) is 4.93. The molecule has 23 heavy (non-hydrogen) atoms. The lowest BCUT2D eigenvalue weighted by Gasteiger charge is -2.29. The summed E-state index contributed by atoms with van der Waals surface area (Å²) in [7, 11) is 0. The van der Waals surface area contributed by atoms with E-state index in [2.05, 4.69) is 15.4 Å². The highest BCUT2D eigenvalue weighted by molar-refractivity contribution is 5.95. The van der Waals surface area contributed by atoms with Crippen LogP contribution in [0, 0.1) is 0 Å². The molecule has 1 heterocycles. The normalized spacial score (nSPS) is 21.2. The Kier molecular flexibility index (Phi) is 7.11. The van der Waals surface area contributed by atoms with Gasteiger partial charge < -0.3 is 20.1 Å². The van der Waals surface area contributed by atoms with Gasteiger partial charge >= 0.3 is 6.18 Å². The van der Waals surface area contributed by atoms with Gasteiger partial charge in [-0.3, -0.25) is 4.79 Å². The molecule has 0 bridgehead atoms. The number of rotatable bonds is 4. The van der Waals surface area contributed by atoms with Crippen LogP contribution in [0.25, 0.3) is 0 Å². The van der Waals surface area contributed by atoms with Crippen LogP contribution in [0.2, 0.25) is 0 Å². The predicted octanol–water partition coefficient (Wildman–Crippen LogP) is 2.36. The summed E-state index contributed by atoms with van der Waals surface area (Å²) in [5.41, 5.74) is 0.476. The summed E-state index contributed by atoms with van der Waals surface area (Å²) < 4.78 is 46.1. The lowest BCUT2D eigenvalue weighted by atomic mass is 10.1. The number of carbonyl (C=O) groups excluding carboxylic acids is 1. The molecule has 130 valence electrons. The van der Waals surface area contributed by atoms with E-state index in [0.717, 1.165) is 0 Å². The number of halogens is 4. The van der Waals surface area contributed by atoms with Gasteiger partial charge in [0.2, 0.25) is 5.91 Å². The third-order valence-electron chi connectivity index (χ3n) is 3.12. The van der Waals surface area contributed by atoms with Crippen LogP contribution in [0.5, 0.6) is 5.75 Å². The Hall–Kier alpha value is -1.51. The molecule has 0 saturated carbocycles. The number of carbonyl (C=O) groups is 1. The maximum atomic E-state index is 12.1. The number of hydrogen-bond donors (Lipinski definition) is 2. The van der Waals surface area contributed by atoms with Gasteiger partial charge in [0.25, 0.3) is 0 Å². The molecule has 0 spiro atoms. The van der Waals surface area contributed by atoms with E-state index in [9.17, 15) is 18.0 Å². The van der Waals surface area contributed by atoms with Crippen LogP contribution in [0.1, 0.15) is 6.92 Å². The molecule has 2 atom stereocenters. The van der Waals surface area contributed by atoms with Crippen molar-refractivity contribution in [3.8, 4) is 5.75 Å². The highest BCUT2D eigenvalue weighted by Gasteiger charge is 2.29. The predicted molar refractivity (Wildman–Crippen MR) is 81.1 cm³/mol. The zero-order valence-corrected chi connectivity index (χ0v) is 13.2. The lowest BCUT2D eigenvalue weighted by molar-refractivity contribution is -0.153. The van der Waals surface area contributed by atoms with E-state index in [1.165, 1.54) is 24.3 Å². The number of morpholine rings is 1. The highest BCUT2D eigenvalue weighted by Crippen LogP contribution is 2.20. The Morgan fingerprint density at radius 1 is 1.39 bits per heavy atom. The third-order valence-corrected chi connectivity index (χ3v) is 3.12. The van der Waals surface area contributed by atoms with E-state index < -0.39 is 18.8 Å². The summed E-state index contributed by atoms with van der Waals surface area (Å²) in [6.07, 6.45) is -4.63. The fourth-order valence-electron chi connectivity index (χ4n) is 2.05. The van der Waals surface area contributed by atoms with Gasteiger partial charge in [0.1, 0.15) is 11.8 Å². The smallest absolute Gasteiger partial charge is 0.422 e. The molecule has 0 radical (unpaired) electrons. The Labute approximate surface area is 137 Å². The molecule has 0 aromatic heterocycles. The molecule has 1 aromatic carbocycles. The van der Waals surface area contributed by atoms with Gasteiger partial charge in [-0.05, 0) is 31.2 Å². The van der Waals surface area contributed by atoms with Gasteiger partial charge in [-0.2, -0.15) is 13.2 Å². The summed E-state index contributed by atoms with van der Waals surface area (Å²) in [4.78, 5) is 12.1. The molecule has 1 saturated heterocycles. The van der Waals surface area contributed by atoms with Gasteiger partial charge in [-0.25, -0.2) is 0 Å². The molecule has 2 rings (SSSR count). The Morgan fingerprint density at radius 3 is 2.61 bits per heavy atom. The van der Waals surface area contributed by atoms with E-state index in [1.807, 2.05) is 0 Å². The average Bonchev–Trinajstić information content (AvgIpc) is 2.46. The summed E-state index contributed by atoms with van der Waals surface area (Å²) in [6.45, 7) is 1.59. The van der Waals surface area contributed by atoms with Crippen LogP contribution in [0.4, 0.5) is 18.9 Å². The van der Waals surface area contributed by atoms with Gasteiger partial charge in [0, 0.05) is 12.2 Å². The van der Waals surface area contributed by atoms with Crippen LogP contribution < -0.4 is 15.4 Å². The number of nitrogens with one attached hydrogen (secondary N) is 2. The van der Waals surface area contributed by atoms with E-state index >= 15 is 0 Å². The number of amides is 1. The summed E-state index contributed by atoms with van der Waals surface area (Å²) in [6, 6.07) is 5.25. The molecule has 9 heteroatoms. The van der Waals surface area contributed by atoms with E-state index in [1.54, 1.807) is 6.92 Å². The van der Waals surface area contributed by atoms with Gasteiger partial charge in [-0.1, -0.05) is 0 Å². The standard InChI is InChI=1S/C14H17F3N2O3.ClH/c1-9-12(18-6-7-21-9)13(20)19-10-2-4-11(5-3-10)22-8-14(15,16)17;/h2-5,9,12,18H,6-8H2,1H3,(H,19,20);1H/t9-,12+;/m1./s1. The minimum absolute atomic E-state index is 0. The quantitative estimate of drug-likeness (QED) is 0.871. The molecule has 1 fully saturated rings. The zero-order valence-electron chi connectivity index (χ0n) is 12.4.